The molecule has 174 valence electrons. The first kappa shape index (κ1) is 23.9. The number of anilines is 1. The van der Waals surface area contributed by atoms with Gasteiger partial charge in [-0.2, -0.15) is 0 Å². The molecule has 0 aliphatic carbocycles. The molecule has 3 aromatic rings. The maximum absolute atomic E-state index is 13.1. The Bertz CT molecular complexity index is 1170. The molecule has 0 atom stereocenters. The summed E-state index contributed by atoms with van der Waals surface area (Å²) in [5, 5.41) is 31.7. The Labute approximate surface area is 189 Å². The fourth-order valence-electron chi connectivity index (χ4n) is 3.39. The summed E-state index contributed by atoms with van der Waals surface area (Å²) < 4.78 is 14.2. The molecule has 3 rings (SSSR count). The molecule has 0 unspecified atom stereocenters. The van der Waals surface area contributed by atoms with Gasteiger partial charge in [-0.1, -0.05) is 24.3 Å². The molecule has 4 N–H and O–H groups in total. The molecular formula is C23H25FN4O5. The zero-order chi connectivity index (χ0) is 24.0. The highest BCUT2D eigenvalue weighted by molar-refractivity contribution is 5.95. The number of carbonyl (C=O) groups is 1. The van der Waals surface area contributed by atoms with Crippen molar-refractivity contribution < 1.29 is 24.5 Å². The third kappa shape index (κ3) is 5.36. The van der Waals surface area contributed by atoms with Crippen molar-refractivity contribution >= 4 is 11.6 Å². The van der Waals surface area contributed by atoms with Crippen LogP contribution in [0.25, 0.3) is 11.4 Å². The molecule has 1 amide bonds. The van der Waals surface area contributed by atoms with Gasteiger partial charge in [-0.25, -0.2) is 9.37 Å². The third-order valence-electron chi connectivity index (χ3n) is 5.07. The van der Waals surface area contributed by atoms with Gasteiger partial charge in [-0.3, -0.25) is 14.2 Å². The second kappa shape index (κ2) is 10.7. The van der Waals surface area contributed by atoms with Gasteiger partial charge in [-0.15, -0.1) is 0 Å². The summed E-state index contributed by atoms with van der Waals surface area (Å²) in [5.74, 6) is -1.84. The first-order valence-electron chi connectivity index (χ1n) is 10.3. The van der Waals surface area contributed by atoms with Gasteiger partial charge >= 0.3 is 0 Å². The number of halogens is 1. The molecule has 0 saturated heterocycles. The lowest BCUT2D eigenvalue weighted by Gasteiger charge is -2.26. The maximum atomic E-state index is 13.1. The quantitative estimate of drug-likeness (QED) is 0.378. The van der Waals surface area contributed by atoms with Crippen molar-refractivity contribution in [2.75, 3.05) is 31.2 Å². The van der Waals surface area contributed by atoms with E-state index in [2.05, 4.69) is 10.3 Å². The Morgan fingerprint density at radius 1 is 1.09 bits per heavy atom. The number of aromatic nitrogens is 2. The van der Waals surface area contributed by atoms with E-state index in [0.29, 0.717) is 16.8 Å². The van der Waals surface area contributed by atoms with Crippen LogP contribution < -0.4 is 15.8 Å². The second-order valence-corrected chi connectivity index (χ2v) is 7.26. The maximum Gasteiger partial charge on any atom is 0.296 e. The molecule has 0 fully saturated rings. The summed E-state index contributed by atoms with van der Waals surface area (Å²) in [5.41, 5.74) is 0.443. The van der Waals surface area contributed by atoms with E-state index in [-0.39, 0.29) is 38.7 Å². The van der Waals surface area contributed by atoms with Gasteiger partial charge in [-0.05, 0) is 29.8 Å². The Balaban J connectivity index is 2.01. The lowest BCUT2D eigenvalue weighted by Crippen LogP contribution is -2.31. The van der Waals surface area contributed by atoms with Gasteiger partial charge in [0.2, 0.25) is 5.75 Å². The topological polar surface area (TPSA) is 128 Å². The second-order valence-electron chi connectivity index (χ2n) is 7.26. The van der Waals surface area contributed by atoms with E-state index < -0.39 is 28.7 Å². The number of rotatable bonds is 9. The van der Waals surface area contributed by atoms with Crippen LogP contribution in [-0.4, -0.2) is 57.1 Å². The monoisotopic (exact) mass is 456 g/mol. The van der Waals surface area contributed by atoms with Crippen molar-refractivity contribution in [3.63, 3.8) is 0 Å². The molecule has 2 aromatic carbocycles. The SMILES string of the molecule is Cn1c(-c2ccccc2N(CCO)CCO)nc(C(=O)NCc2ccc(F)cc2)c(O)c1=O. The summed E-state index contributed by atoms with van der Waals surface area (Å²) in [6, 6.07) is 12.4. The van der Waals surface area contributed by atoms with Crippen LogP contribution in [0.3, 0.4) is 0 Å². The number of aliphatic hydroxyl groups is 2. The molecule has 0 aliphatic rings. The van der Waals surface area contributed by atoms with E-state index in [1.807, 2.05) is 0 Å². The van der Waals surface area contributed by atoms with E-state index in [1.165, 1.54) is 31.3 Å². The minimum absolute atomic E-state index is 0.0438. The number of nitrogens with zero attached hydrogens (tertiary/aromatic N) is 3. The highest BCUT2D eigenvalue weighted by Crippen LogP contribution is 2.29. The minimum atomic E-state index is -0.808. The average Bonchev–Trinajstić information content (AvgIpc) is 2.82. The van der Waals surface area contributed by atoms with Gasteiger partial charge in [0, 0.05) is 37.9 Å². The molecule has 10 heteroatoms. The Morgan fingerprint density at radius 3 is 2.36 bits per heavy atom. The number of hydrogen-bond donors (Lipinski definition) is 4. The molecule has 33 heavy (non-hydrogen) atoms. The van der Waals surface area contributed by atoms with Crippen LogP contribution in [0.1, 0.15) is 16.1 Å². The van der Waals surface area contributed by atoms with Crippen molar-refractivity contribution in [1.29, 1.82) is 0 Å². The molecule has 0 bridgehead atoms. The van der Waals surface area contributed by atoms with Crippen LogP contribution in [0, 0.1) is 5.82 Å². The minimum Gasteiger partial charge on any atom is -0.501 e. The van der Waals surface area contributed by atoms with E-state index in [0.717, 1.165) is 4.57 Å². The Hall–Kier alpha value is -3.76. The summed E-state index contributed by atoms with van der Waals surface area (Å²) in [4.78, 5) is 31.4. The zero-order valence-electron chi connectivity index (χ0n) is 18.0. The van der Waals surface area contributed by atoms with Gasteiger partial charge in [0.1, 0.15) is 11.6 Å². The molecule has 1 heterocycles. The number of nitrogens with one attached hydrogen (secondary N) is 1. The van der Waals surface area contributed by atoms with E-state index in [9.17, 15) is 29.3 Å². The van der Waals surface area contributed by atoms with Gasteiger partial charge in [0.25, 0.3) is 11.5 Å². The lowest BCUT2D eigenvalue weighted by molar-refractivity contribution is 0.0942. The fourth-order valence-corrected chi connectivity index (χ4v) is 3.39. The van der Waals surface area contributed by atoms with Crippen LogP contribution in [0.15, 0.2) is 53.3 Å². The number of aliphatic hydroxyl groups excluding tert-OH is 2. The number of para-hydroxylation sites is 1. The molecule has 0 spiro atoms. The molecule has 0 saturated carbocycles. The largest absolute Gasteiger partial charge is 0.501 e. The Kier molecular flexibility index (Phi) is 7.75. The molecule has 0 aliphatic heterocycles. The van der Waals surface area contributed by atoms with Gasteiger partial charge < -0.3 is 25.5 Å². The smallest absolute Gasteiger partial charge is 0.296 e. The van der Waals surface area contributed by atoms with Crippen LogP contribution in [0.5, 0.6) is 5.75 Å². The Morgan fingerprint density at radius 2 is 1.73 bits per heavy atom. The van der Waals surface area contributed by atoms with E-state index in [1.54, 1.807) is 29.2 Å². The summed E-state index contributed by atoms with van der Waals surface area (Å²) in [7, 11) is 1.42. The number of benzene rings is 2. The summed E-state index contributed by atoms with van der Waals surface area (Å²) in [6.07, 6.45) is 0. The summed E-state index contributed by atoms with van der Waals surface area (Å²) in [6.45, 7) is 0.187. The van der Waals surface area contributed by atoms with Gasteiger partial charge in [0.05, 0.1) is 13.2 Å². The van der Waals surface area contributed by atoms with Crippen molar-refractivity contribution in [3.05, 3.63) is 76.0 Å². The van der Waals surface area contributed by atoms with E-state index >= 15 is 0 Å². The van der Waals surface area contributed by atoms with Gasteiger partial charge in [0.15, 0.2) is 5.69 Å². The predicted molar refractivity (Wildman–Crippen MR) is 121 cm³/mol. The lowest BCUT2D eigenvalue weighted by atomic mass is 10.1. The van der Waals surface area contributed by atoms with E-state index in [4.69, 9.17) is 0 Å². The number of carbonyl (C=O) groups excluding carboxylic acids is 1. The molecule has 0 radical (unpaired) electrons. The van der Waals surface area contributed by atoms with Crippen LogP contribution >= 0.6 is 0 Å². The summed E-state index contributed by atoms with van der Waals surface area (Å²) >= 11 is 0. The highest BCUT2D eigenvalue weighted by atomic mass is 19.1. The average molecular weight is 456 g/mol. The van der Waals surface area contributed by atoms with Crippen molar-refractivity contribution in [2.45, 2.75) is 6.54 Å². The van der Waals surface area contributed by atoms with Crippen molar-refractivity contribution in [3.8, 4) is 17.1 Å². The standard InChI is InChI=1S/C23H25FN4O5/c1-27-21(17-4-2-3-5-18(17)28(10-12-29)11-13-30)26-19(20(31)23(27)33)22(32)25-14-15-6-8-16(24)9-7-15/h2-9,29-31H,10-14H2,1H3,(H,25,32). The van der Waals surface area contributed by atoms with Crippen molar-refractivity contribution in [2.24, 2.45) is 7.05 Å². The number of amides is 1. The molecular weight excluding hydrogens is 431 g/mol. The first-order valence-corrected chi connectivity index (χ1v) is 10.3. The van der Waals surface area contributed by atoms with Crippen LogP contribution in [0.2, 0.25) is 0 Å². The first-order chi connectivity index (χ1) is 15.9. The fraction of sp³-hybridized carbons (Fsp3) is 0.261. The van der Waals surface area contributed by atoms with Crippen LogP contribution in [0.4, 0.5) is 10.1 Å². The molecule has 9 nitrogen and oxygen atoms in total. The highest BCUT2D eigenvalue weighted by Gasteiger charge is 2.23. The number of hydrogen-bond acceptors (Lipinski definition) is 7. The van der Waals surface area contributed by atoms with Crippen LogP contribution in [-0.2, 0) is 13.6 Å². The van der Waals surface area contributed by atoms with Crippen molar-refractivity contribution in [1.82, 2.24) is 14.9 Å². The number of aromatic hydroxyl groups is 1. The predicted octanol–water partition coefficient (Wildman–Crippen LogP) is 1.01. The third-order valence-corrected chi connectivity index (χ3v) is 5.07. The normalized spacial score (nSPS) is 10.8. The zero-order valence-corrected chi connectivity index (χ0v) is 18.0. The molecule has 1 aromatic heterocycles.